The van der Waals surface area contributed by atoms with E-state index in [4.69, 9.17) is 27.9 Å². The first kappa shape index (κ1) is 18.9. The molecule has 3 rings (SSSR count). The lowest BCUT2D eigenvalue weighted by atomic mass is 10.1. The Kier molecular flexibility index (Phi) is 6.01. The van der Waals surface area contributed by atoms with E-state index < -0.39 is 12.1 Å². The Bertz CT molecular complexity index is 827. The lowest BCUT2D eigenvalue weighted by Gasteiger charge is -2.21. The van der Waals surface area contributed by atoms with Gasteiger partial charge in [0.2, 0.25) is 5.91 Å². The number of amides is 2. The van der Waals surface area contributed by atoms with Gasteiger partial charge in [0.05, 0.1) is 7.11 Å². The monoisotopic (exact) mass is 413 g/mol. The second kappa shape index (κ2) is 8.24. The molecule has 1 N–H and O–H groups in total. The van der Waals surface area contributed by atoms with E-state index in [0.29, 0.717) is 34.6 Å². The number of nitrogens with one attached hydrogen (secondary N) is 1. The van der Waals surface area contributed by atoms with Crippen molar-refractivity contribution in [3.05, 3.63) is 44.9 Å². The van der Waals surface area contributed by atoms with Crippen LogP contribution in [0.25, 0.3) is 0 Å². The van der Waals surface area contributed by atoms with E-state index in [9.17, 15) is 9.59 Å². The standard InChI is InChI=1S/C17H17Cl2N3O3S/c1-25-17(24)22-6-2-3-14(22)15(23)21-16-20-9-12(26-16)8-10-7-11(18)4-5-13(10)19/h4-5,7,9,14H,2-3,6,8H2,1H3,(H,20,21,23)/t14-/m1/s1. The summed E-state index contributed by atoms with van der Waals surface area (Å²) in [5.74, 6) is -0.255. The van der Waals surface area contributed by atoms with Crippen LogP contribution in [0, 0.1) is 0 Å². The molecule has 0 saturated carbocycles. The van der Waals surface area contributed by atoms with Crippen molar-refractivity contribution in [1.82, 2.24) is 9.88 Å². The number of carbonyl (C=O) groups excluding carboxylic acids is 2. The van der Waals surface area contributed by atoms with Gasteiger partial charge in [0.15, 0.2) is 5.13 Å². The molecule has 2 heterocycles. The number of hydrogen-bond donors (Lipinski definition) is 1. The topological polar surface area (TPSA) is 71.5 Å². The second-order valence-electron chi connectivity index (χ2n) is 5.85. The largest absolute Gasteiger partial charge is 0.453 e. The molecule has 138 valence electrons. The molecule has 26 heavy (non-hydrogen) atoms. The number of nitrogens with zero attached hydrogens (tertiary/aromatic N) is 2. The fourth-order valence-electron chi connectivity index (χ4n) is 2.88. The van der Waals surface area contributed by atoms with Crippen LogP contribution in [0.5, 0.6) is 0 Å². The van der Waals surface area contributed by atoms with Crippen molar-refractivity contribution in [3.63, 3.8) is 0 Å². The van der Waals surface area contributed by atoms with Crippen molar-refractivity contribution in [2.45, 2.75) is 25.3 Å². The molecule has 1 fully saturated rings. The van der Waals surface area contributed by atoms with Gasteiger partial charge in [0.1, 0.15) is 6.04 Å². The SMILES string of the molecule is COC(=O)N1CCC[C@@H]1C(=O)Nc1ncc(Cc2cc(Cl)ccc2Cl)s1. The van der Waals surface area contributed by atoms with E-state index >= 15 is 0 Å². The van der Waals surface area contributed by atoms with Crippen molar-refractivity contribution >= 4 is 51.7 Å². The highest BCUT2D eigenvalue weighted by Gasteiger charge is 2.35. The smallest absolute Gasteiger partial charge is 0.410 e. The molecule has 0 radical (unpaired) electrons. The van der Waals surface area contributed by atoms with Gasteiger partial charge < -0.3 is 10.1 Å². The van der Waals surface area contributed by atoms with Crippen LogP contribution in [0.3, 0.4) is 0 Å². The third-order valence-electron chi connectivity index (χ3n) is 4.12. The Labute approximate surface area is 165 Å². The number of anilines is 1. The maximum Gasteiger partial charge on any atom is 0.410 e. The Morgan fingerprint density at radius 3 is 3.00 bits per heavy atom. The molecule has 1 atom stereocenters. The van der Waals surface area contributed by atoms with E-state index in [1.807, 2.05) is 6.07 Å². The number of likely N-dealkylation sites (tertiary alicyclic amines) is 1. The molecule has 1 aromatic heterocycles. The molecule has 9 heteroatoms. The molecule has 0 bridgehead atoms. The zero-order valence-corrected chi connectivity index (χ0v) is 16.3. The van der Waals surface area contributed by atoms with Crippen molar-refractivity contribution < 1.29 is 14.3 Å². The van der Waals surface area contributed by atoms with Crippen molar-refractivity contribution in [3.8, 4) is 0 Å². The van der Waals surface area contributed by atoms with E-state index in [0.717, 1.165) is 16.9 Å². The average Bonchev–Trinajstić information content (AvgIpc) is 3.27. The molecule has 1 aliphatic heterocycles. The zero-order chi connectivity index (χ0) is 18.7. The fraction of sp³-hybridized carbons (Fsp3) is 0.353. The van der Waals surface area contributed by atoms with Crippen LogP contribution in [-0.4, -0.2) is 41.6 Å². The summed E-state index contributed by atoms with van der Waals surface area (Å²) >= 11 is 13.6. The third kappa shape index (κ3) is 4.28. The van der Waals surface area contributed by atoms with Crippen LogP contribution in [0.15, 0.2) is 24.4 Å². The maximum atomic E-state index is 12.5. The van der Waals surface area contributed by atoms with Crippen LogP contribution >= 0.6 is 34.5 Å². The first-order chi connectivity index (χ1) is 12.5. The van der Waals surface area contributed by atoms with E-state index in [2.05, 4.69) is 10.3 Å². The fourth-order valence-corrected chi connectivity index (χ4v) is 4.09. The van der Waals surface area contributed by atoms with Gasteiger partial charge in [-0.3, -0.25) is 9.69 Å². The Morgan fingerprint density at radius 1 is 1.42 bits per heavy atom. The van der Waals surface area contributed by atoms with Crippen molar-refractivity contribution in [1.29, 1.82) is 0 Å². The number of halogens is 2. The Morgan fingerprint density at radius 2 is 2.23 bits per heavy atom. The first-order valence-electron chi connectivity index (χ1n) is 8.02. The highest BCUT2D eigenvalue weighted by Crippen LogP contribution is 2.27. The van der Waals surface area contributed by atoms with E-state index in [-0.39, 0.29) is 5.91 Å². The lowest BCUT2D eigenvalue weighted by Crippen LogP contribution is -2.43. The van der Waals surface area contributed by atoms with Crippen LogP contribution in [-0.2, 0) is 16.0 Å². The van der Waals surface area contributed by atoms with Crippen LogP contribution in [0.4, 0.5) is 9.93 Å². The summed E-state index contributed by atoms with van der Waals surface area (Å²) in [6.07, 6.45) is 3.16. The number of methoxy groups -OCH3 is 1. The van der Waals surface area contributed by atoms with Crippen LogP contribution < -0.4 is 5.32 Å². The number of aromatic nitrogens is 1. The average molecular weight is 414 g/mol. The third-order valence-corrected chi connectivity index (χ3v) is 5.64. The summed E-state index contributed by atoms with van der Waals surface area (Å²) in [4.78, 5) is 30.8. The minimum Gasteiger partial charge on any atom is -0.453 e. The molecular weight excluding hydrogens is 397 g/mol. The molecule has 1 saturated heterocycles. The second-order valence-corrected chi connectivity index (χ2v) is 7.81. The number of rotatable bonds is 4. The molecule has 0 aliphatic carbocycles. The number of carbonyl (C=O) groups is 2. The molecular formula is C17H17Cl2N3O3S. The zero-order valence-electron chi connectivity index (χ0n) is 14.0. The number of hydrogen-bond acceptors (Lipinski definition) is 5. The summed E-state index contributed by atoms with van der Waals surface area (Å²) in [5, 5.41) is 4.52. The molecule has 2 aromatic rings. The predicted octanol–water partition coefficient (Wildman–Crippen LogP) is 4.21. The molecule has 1 aromatic carbocycles. The van der Waals surface area contributed by atoms with Gasteiger partial charge >= 0.3 is 6.09 Å². The van der Waals surface area contributed by atoms with Gasteiger partial charge in [-0.1, -0.05) is 23.2 Å². The van der Waals surface area contributed by atoms with Crippen LogP contribution in [0.2, 0.25) is 10.0 Å². The molecule has 0 spiro atoms. The van der Waals surface area contributed by atoms with Crippen molar-refractivity contribution in [2.75, 3.05) is 19.0 Å². The van der Waals surface area contributed by atoms with E-state index in [1.54, 1.807) is 18.3 Å². The lowest BCUT2D eigenvalue weighted by molar-refractivity contribution is -0.119. The molecule has 6 nitrogen and oxygen atoms in total. The summed E-state index contributed by atoms with van der Waals surface area (Å²) in [7, 11) is 1.31. The minimum absolute atomic E-state index is 0.255. The summed E-state index contributed by atoms with van der Waals surface area (Å²) < 4.78 is 4.73. The first-order valence-corrected chi connectivity index (χ1v) is 9.59. The molecule has 2 amide bonds. The van der Waals surface area contributed by atoms with Gasteiger partial charge in [0.25, 0.3) is 0 Å². The number of ether oxygens (including phenoxy) is 1. The summed E-state index contributed by atoms with van der Waals surface area (Å²) in [6.45, 7) is 0.515. The van der Waals surface area contributed by atoms with Gasteiger partial charge in [-0.2, -0.15) is 0 Å². The summed E-state index contributed by atoms with van der Waals surface area (Å²) in [5.41, 5.74) is 0.897. The quantitative estimate of drug-likeness (QED) is 0.814. The number of benzene rings is 1. The predicted molar refractivity (Wildman–Crippen MR) is 102 cm³/mol. The maximum absolute atomic E-state index is 12.5. The summed E-state index contributed by atoms with van der Waals surface area (Å²) in [6, 6.07) is 4.77. The van der Waals surface area contributed by atoms with Gasteiger partial charge in [-0.05, 0) is 36.6 Å². The van der Waals surface area contributed by atoms with Crippen LogP contribution in [0.1, 0.15) is 23.3 Å². The van der Waals surface area contributed by atoms with Gasteiger partial charge in [0, 0.05) is 34.1 Å². The Balaban J connectivity index is 1.65. The highest BCUT2D eigenvalue weighted by atomic mass is 35.5. The normalized spacial score (nSPS) is 16.6. The molecule has 0 unspecified atom stereocenters. The molecule has 1 aliphatic rings. The Hall–Kier alpha value is -1.83. The number of thiazole rings is 1. The minimum atomic E-state index is -0.530. The van der Waals surface area contributed by atoms with E-state index in [1.165, 1.54) is 23.3 Å². The van der Waals surface area contributed by atoms with Gasteiger partial charge in [-0.25, -0.2) is 9.78 Å². The van der Waals surface area contributed by atoms with Crippen molar-refractivity contribution in [2.24, 2.45) is 0 Å². The highest BCUT2D eigenvalue weighted by molar-refractivity contribution is 7.15. The van der Waals surface area contributed by atoms with Gasteiger partial charge in [-0.15, -0.1) is 11.3 Å².